The van der Waals surface area contributed by atoms with Crippen molar-refractivity contribution in [2.75, 3.05) is 0 Å². The van der Waals surface area contributed by atoms with Gasteiger partial charge in [-0.2, -0.15) is 0 Å². The van der Waals surface area contributed by atoms with Gasteiger partial charge in [0, 0.05) is 6.20 Å². The maximum absolute atomic E-state index is 5.46. The van der Waals surface area contributed by atoms with E-state index in [2.05, 4.69) is 25.8 Å². The number of hydrogen-bond acceptors (Lipinski definition) is 1. The molecule has 0 saturated heterocycles. The summed E-state index contributed by atoms with van der Waals surface area (Å²) in [7, 11) is 5.46. The van der Waals surface area contributed by atoms with Crippen LogP contribution in [-0.2, 0) is 5.41 Å². The van der Waals surface area contributed by atoms with Crippen LogP contribution in [0, 0.1) is 0 Å². The fourth-order valence-corrected chi connectivity index (χ4v) is 0.849. The quantitative estimate of drug-likeness (QED) is 0.499. The largest absolute Gasteiger partial charge is 0.273 e. The molecule has 0 unspecified atom stereocenters. The van der Waals surface area contributed by atoms with Crippen LogP contribution in [0.1, 0.15) is 26.3 Å². The first-order valence-corrected chi connectivity index (χ1v) is 3.72. The summed E-state index contributed by atoms with van der Waals surface area (Å²) in [4.78, 5) is 4.02. The van der Waals surface area contributed by atoms with Crippen LogP contribution in [0.3, 0.4) is 0 Å². The molecule has 1 aromatic rings. The SMILES string of the molecule is [B]c1ccc(C(C)(C)C)cn1. The lowest BCUT2D eigenvalue weighted by molar-refractivity contribution is 0.588. The Labute approximate surface area is 69.3 Å². The van der Waals surface area contributed by atoms with Crippen LogP contribution in [0.5, 0.6) is 0 Å². The van der Waals surface area contributed by atoms with Crippen molar-refractivity contribution >= 4 is 13.4 Å². The van der Waals surface area contributed by atoms with Crippen molar-refractivity contribution in [2.45, 2.75) is 26.2 Å². The molecule has 0 aromatic carbocycles. The molecule has 0 N–H and O–H groups in total. The van der Waals surface area contributed by atoms with E-state index in [0.29, 0.717) is 5.59 Å². The van der Waals surface area contributed by atoms with Crippen LogP contribution in [0.15, 0.2) is 18.3 Å². The third-order valence-electron chi connectivity index (χ3n) is 1.65. The summed E-state index contributed by atoms with van der Waals surface area (Å²) >= 11 is 0. The fourth-order valence-electron chi connectivity index (χ4n) is 0.849. The molecule has 11 heavy (non-hydrogen) atoms. The summed E-state index contributed by atoms with van der Waals surface area (Å²) in [5.74, 6) is 0. The van der Waals surface area contributed by atoms with E-state index in [0.717, 1.165) is 0 Å². The second-order valence-electron chi connectivity index (χ2n) is 3.72. The Balaban J connectivity index is 2.99. The normalized spacial score (nSPS) is 11.5. The molecule has 0 amide bonds. The Morgan fingerprint density at radius 3 is 2.27 bits per heavy atom. The minimum atomic E-state index is 0.167. The molecule has 1 rings (SSSR count). The van der Waals surface area contributed by atoms with Gasteiger partial charge in [0.15, 0.2) is 0 Å². The van der Waals surface area contributed by atoms with Gasteiger partial charge in [0.25, 0.3) is 0 Å². The Bertz CT molecular complexity index is 233. The first-order valence-electron chi connectivity index (χ1n) is 3.72. The van der Waals surface area contributed by atoms with Crippen LogP contribution >= 0.6 is 0 Å². The van der Waals surface area contributed by atoms with Gasteiger partial charge in [-0.05, 0) is 16.6 Å². The van der Waals surface area contributed by atoms with E-state index in [-0.39, 0.29) is 5.41 Å². The Hall–Kier alpha value is -0.785. The highest BCUT2D eigenvalue weighted by molar-refractivity contribution is 6.30. The van der Waals surface area contributed by atoms with Crippen LogP contribution in [0.4, 0.5) is 0 Å². The average molecular weight is 145 g/mol. The summed E-state index contributed by atoms with van der Waals surface area (Å²) in [5.41, 5.74) is 1.96. The lowest BCUT2D eigenvalue weighted by atomic mass is 9.87. The van der Waals surface area contributed by atoms with E-state index in [4.69, 9.17) is 7.85 Å². The zero-order valence-electron chi connectivity index (χ0n) is 7.26. The zero-order chi connectivity index (χ0) is 8.48. The second-order valence-corrected chi connectivity index (χ2v) is 3.72. The first kappa shape index (κ1) is 8.31. The summed E-state index contributed by atoms with van der Waals surface area (Å²) < 4.78 is 0. The summed E-state index contributed by atoms with van der Waals surface area (Å²) in [6.07, 6.45) is 1.83. The van der Waals surface area contributed by atoms with Crippen molar-refractivity contribution in [3.63, 3.8) is 0 Å². The molecule has 2 heteroatoms. The number of pyridine rings is 1. The van der Waals surface area contributed by atoms with Crippen molar-refractivity contribution in [1.82, 2.24) is 4.98 Å². The molecular formula is C9H12BN. The molecule has 2 radical (unpaired) electrons. The summed E-state index contributed by atoms with van der Waals surface area (Å²) in [6, 6.07) is 3.85. The third kappa shape index (κ3) is 2.07. The molecule has 0 fully saturated rings. The third-order valence-corrected chi connectivity index (χ3v) is 1.65. The van der Waals surface area contributed by atoms with Crippen LogP contribution in [-0.4, -0.2) is 12.8 Å². The van der Waals surface area contributed by atoms with Gasteiger partial charge in [0.2, 0.25) is 0 Å². The maximum Gasteiger partial charge on any atom is 0.141 e. The molecule has 0 aliphatic carbocycles. The molecule has 0 aliphatic rings. The lowest BCUT2D eigenvalue weighted by Gasteiger charge is -2.18. The smallest absolute Gasteiger partial charge is 0.141 e. The van der Waals surface area contributed by atoms with Crippen LogP contribution in [0.2, 0.25) is 0 Å². The van der Waals surface area contributed by atoms with Gasteiger partial charge in [0.1, 0.15) is 7.85 Å². The van der Waals surface area contributed by atoms with E-state index in [1.165, 1.54) is 5.56 Å². The van der Waals surface area contributed by atoms with Gasteiger partial charge in [0.05, 0.1) is 0 Å². The number of aromatic nitrogens is 1. The van der Waals surface area contributed by atoms with E-state index < -0.39 is 0 Å². The monoisotopic (exact) mass is 145 g/mol. The van der Waals surface area contributed by atoms with E-state index >= 15 is 0 Å². The first-order chi connectivity index (χ1) is 5.00. The van der Waals surface area contributed by atoms with Gasteiger partial charge in [-0.25, -0.2) is 0 Å². The molecule has 0 saturated carbocycles. The zero-order valence-corrected chi connectivity index (χ0v) is 7.26. The summed E-state index contributed by atoms with van der Waals surface area (Å²) in [6.45, 7) is 6.46. The highest BCUT2D eigenvalue weighted by Crippen LogP contribution is 2.19. The van der Waals surface area contributed by atoms with Crippen molar-refractivity contribution in [3.8, 4) is 0 Å². The molecule has 1 aromatic heterocycles. The van der Waals surface area contributed by atoms with Gasteiger partial charge in [-0.3, -0.25) is 4.98 Å². The van der Waals surface area contributed by atoms with Gasteiger partial charge >= 0.3 is 0 Å². The highest BCUT2D eigenvalue weighted by atomic mass is 14.6. The van der Waals surface area contributed by atoms with Gasteiger partial charge in [-0.1, -0.05) is 32.9 Å². The molecule has 0 bridgehead atoms. The van der Waals surface area contributed by atoms with Gasteiger partial charge in [-0.15, -0.1) is 0 Å². The number of rotatable bonds is 0. The predicted octanol–water partition coefficient (Wildman–Crippen LogP) is 1.17. The van der Waals surface area contributed by atoms with Crippen LogP contribution < -0.4 is 5.59 Å². The second kappa shape index (κ2) is 2.69. The summed E-state index contributed by atoms with van der Waals surface area (Å²) in [5, 5.41) is 0. The molecule has 1 nitrogen and oxygen atoms in total. The number of hydrogen-bond donors (Lipinski definition) is 0. The minimum Gasteiger partial charge on any atom is -0.273 e. The molecule has 0 atom stereocenters. The topological polar surface area (TPSA) is 12.9 Å². The fraction of sp³-hybridized carbons (Fsp3) is 0.444. The van der Waals surface area contributed by atoms with E-state index in [1.807, 2.05) is 18.3 Å². The van der Waals surface area contributed by atoms with E-state index in [1.54, 1.807) is 0 Å². The molecule has 56 valence electrons. The Kier molecular flexibility index (Phi) is 2.03. The van der Waals surface area contributed by atoms with Gasteiger partial charge < -0.3 is 0 Å². The molecule has 0 spiro atoms. The maximum atomic E-state index is 5.46. The van der Waals surface area contributed by atoms with Crippen molar-refractivity contribution in [3.05, 3.63) is 23.9 Å². The average Bonchev–Trinajstić information content (AvgIpc) is 1.86. The minimum absolute atomic E-state index is 0.167. The highest BCUT2D eigenvalue weighted by Gasteiger charge is 2.12. The number of nitrogens with zero attached hydrogens (tertiary/aromatic N) is 1. The van der Waals surface area contributed by atoms with E-state index in [9.17, 15) is 0 Å². The Morgan fingerprint density at radius 1 is 1.27 bits per heavy atom. The van der Waals surface area contributed by atoms with Crippen molar-refractivity contribution in [1.29, 1.82) is 0 Å². The standard InChI is InChI=1S/C9H12BN/c1-9(2,3)7-4-5-8(10)11-6-7/h4-6H,1-3H3. The molecular weight excluding hydrogens is 133 g/mol. The Morgan fingerprint density at radius 2 is 1.91 bits per heavy atom. The van der Waals surface area contributed by atoms with Crippen molar-refractivity contribution in [2.24, 2.45) is 0 Å². The molecule has 1 heterocycles. The predicted molar refractivity (Wildman–Crippen MR) is 48.3 cm³/mol. The molecule has 0 aliphatic heterocycles. The lowest BCUT2D eigenvalue weighted by Crippen LogP contribution is -2.15. The van der Waals surface area contributed by atoms with Crippen LogP contribution in [0.25, 0.3) is 0 Å². The van der Waals surface area contributed by atoms with Crippen molar-refractivity contribution < 1.29 is 0 Å².